The molecule has 1 amide bonds. The van der Waals surface area contributed by atoms with Crippen LogP contribution in [-0.4, -0.2) is 30.5 Å². The lowest BCUT2D eigenvalue weighted by atomic mass is 9.82. The summed E-state index contributed by atoms with van der Waals surface area (Å²) in [7, 11) is 0. The van der Waals surface area contributed by atoms with Gasteiger partial charge in [0.15, 0.2) is 0 Å². The topological polar surface area (TPSA) is 74.1 Å². The Morgan fingerprint density at radius 3 is 2.68 bits per heavy atom. The molecule has 1 atom stereocenters. The van der Waals surface area contributed by atoms with Gasteiger partial charge in [-0.1, -0.05) is 41.9 Å². The molecule has 0 radical (unpaired) electrons. The molecule has 6 rings (SSSR count). The molecule has 0 spiro atoms. The van der Waals surface area contributed by atoms with Gasteiger partial charge in [0.05, 0.1) is 16.1 Å². The molecule has 4 N–H and O–H groups in total. The third-order valence-corrected chi connectivity index (χ3v) is 7.50. The SMILES string of the molecule is NC(=O)c1cc2[nH]ccc2c(F)c1-c1c(Cl)c(F)cc2c1CC1(c3ccccc3)CNCCN21. The van der Waals surface area contributed by atoms with Crippen molar-refractivity contribution < 1.29 is 13.6 Å². The summed E-state index contributed by atoms with van der Waals surface area (Å²) in [5.74, 6) is -2.13. The fourth-order valence-electron chi connectivity index (χ4n) is 5.64. The van der Waals surface area contributed by atoms with E-state index in [1.807, 2.05) is 30.3 Å². The number of nitrogens with one attached hydrogen (secondary N) is 2. The first-order chi connectivity index (χ1) is 16.4. The number of aromatic nitrogens is 1. The Bertz CT molecular complexity index is 1470. The van der Waals surface area contributed by atoms with Crippen molar-refractivity contribution in [3.05, 3.63) is 88.1 Å². The van der Waals surface area contributed by atoms with Crippen LogP contribution in [0.2, 0.25) is 5.02 Å². The summed E-state index contributed by atoms with van der Waals surface area (Å²) in [5, 5.41) is 3.52. The number of H-pyrrole nitrogens is 1. The molecule has 5 nitrogen and oxygen atoms in total. The van der Waals surface area contributed by atoms with Crippen LogP contribution >= 0.6 is 11.6 Å². The van der Waals surface area contributed by atoms with Gasteiger partial charge in [-0.3, -0.25) is 4.79 Å². The van der Waals surface area contributed by atoms with Crippen LogP contribution in [-0.2, 0) is 12.0 Å². The maximum atomic E-state index is 15.9. The van der Waals surface area contributed by atoms with Crippen LogP contribution in [0.25, 0.3) is 22.0 Å². The Balaban J connectivity index is 1.67. The lowest BCUT2D eigenvalue weighted by molar-refractivity contribution is 0.100. The van der Waals surface area contributed by atoms with Crippen LogP contribution < -0.4 is 16.0 Å². The van der Waals surface area contributed by atoms with Crippen LogP contribution in [0.3, 0.4) is 0 Å². The smallest absolute Gasteiger partial charge is 0.249 e. The minimum atomic E-state index is -0.811. The molecular formula is C26H21ClF2N4O. The van der Waals surface area contributed by atoms with E-state index in [0.29, 0.717) is 36.3 Å². The quantitative estimate of drug-likeness (QED) is 0.398. The molecular weight excluding hydrogens is 458 g/mol. The first-order valence-corrected chi connectivity index (χ1v) is 11.4. The number of primary amides is 1. The minimum Gasteiger partial charge on any atom is -0.366 e. The fourth-order valence-corrected chi connectivity index (χ4v) is 5.90. The number of amides is 1. The van der Waals surface area contributed by atoms with Crippen molar-refractivity contribution in [1.82, 2.24) is 10.3 Å². The number of fused-ring (bicyclic) bond motifs is 4. The summed E-state index contributed by atoms with van der Waals surface area (Å²) in [6.45, 7) is 2.00. The van der Waals surface area contributed by atoms with Gasteiger partial charge in [0.25, 0.3) is 0 Å². The number of carbonyl (C=O) groups is 1. The van der Waals surface area contributed by atoms with Crippen LogP contribution in [0.15, 0.2) is 54.7 Å². The zero-order valence-corrected chi connectivity index (χ0v) is 18.8. The number of piperazine rings is 1. The molecule has 0 saturated carbocycles. The van der Waals surface area contributed by atoms with Gasteiger partial charge in [-0.15, -0.1) is 0 Å². The maximum Gasteiger partial charge on any atom is 0.249 e. The molecule has 34 heavy (non-hydrogen) atoms. The van der Waals surface area contributed by atoms with E-state index in [1.165, 1.54) is 12.1 Å². The number of aromatic amines is 1. The van der Waals surface area contributed by atoms with Gasteiger partial charge in [-0.2, -0.15) is 0 Å². The molecule has 2 aliphatic heterocycles. The Labute approximate surface area is 199 Å². The molecule has 1 saturated heterocycles. The van der Waals surface area contributed by atoms with E-state index in [9.17, 15) is 4.79 Å². The predicted octanol–water partition coefficient (Wildman–Crippen LogP) is 4.73. The molecule has 3 heterocycles. The monoisotopic (exact) mass is 478 g/mol. The highest BCUT2D eigenvalue weighted by atomic mass is 35.5. The first-order valence-electron chi connectivity index (χ1n) is 11.1. The van der Waals surface area contributed by atoms with Crippen LogP contribution in [0.4, 0.5) is 14.5 Å². The molecule has 2 aliphatic rings. The Morgan fingerprint density at radius 1 is 1.12 bits per heavy atom. The second kappa shape index (κ2) is 7.55. The van der Waals surface area contributed by atoms with Gasteiger partial charge in [0.2, 0.25) is 5.91 Å². The highest BCUT2D eigenvalue weighted by molar-refractivity contribution is 6.34. The summed E-state index contributed by atoms with van der Waals surface area (Å²) in [6, 6.07) is 14.5. The average Bonchev–Trinajstić information content (AvgIpc) is 3.44. The van der Waals surface area contributed by atoms with E-state index in [4.69, 9.17) is 17.3 Å². The fraction of sp³-hybridized carbons (Fsp3) is 0.192. The van der Waals surface area contributed by atoms with E-state index in [0.717, 1.165) is 12.1 Å². The van der Waals surface area contributed by atoms with Crippen LogP contribution in [0.1, 0.15) is 21.5 Å². The summed E-state index contributed by atoms with van der Waals surface area (Å²) in [6.07, 6.45) is 2.05. The van der Waals surface area contributed by atoms with Gasteiger partial charge in [-0.25, -0.2) is 8.78 Å². The highest BCUT2D eigenvalue weighted by Crippen LogP contribution is 2.52. The number of rotatable bonds is 3. The zero-order valence-electron chi connectivity index (χ0n) is 18.1. The van der Waals surface area contributed by atoms with E-state index in [-0.39, 0.29) is 27.1 Å². The molecule has 3 aromatic carbocycles. The van der Waals surface area contributed by atoms with E-state index in [1.54, 1.807) is 12.3 Å². The second-order valence-electron chi connectivity index (χ2n) is 8.86. The number of anilines is 1. The van der Waals surface area contributed by atoms with Crippen LogP contribution in [0, 0.1) is 11.6 Å². The Kier molecular flexibility index (Phi) is 4.69. The number of hydrogen-bond acceptors (Lipinski definition) is 3. The first kappa shape index (κ1) is 21.1. The lowest BCUT2D eigenvalue weighted by Gasteiger charge is -2.45. The molecule has 4 aromatic rings. The molecule has 172 valence electrons. The van der Waals surface area contributed by atoms with Crippen molar-refractivity contribution in [3.63, 3.8) is 0 Å². The zero-order chi connectivity index (χ0) is 23.6. The Morgan fingerprint density at radius 2 is 1.91 bits per heavy atom. The van der Waals surface area contributed by atoms with Crippen molar-refractivity contribution >= 4 is 34.1 Å². The van der Waals surface area contributed by atoms with Gasteiger partial charge >= 0.3 is 0 Å². The summed E-state index contributed by atoms with van der Waals surface area (Å²) >= 11 is 6.54. The van der Waals surface area contributed by atoms with Gasteiger partial charge < -0.3 is 20.9 Å². The number of hydrogen-bond donors (Lipinski definition) is 3. The highest BCUT2D eigenvalue weighted by Gasteiger charge is 2.48. The standard InChI is InChI=1S/C26H21ClF2N4O/c27-23-18(28)11-20-17(12-26(13-31-8-9-33(20)26)14-4-2-1-3-5-14)21(23)22-16(25(30)34)10-19-15(24(22)29)6-7-32-19/h1-7,10-11,31-32H,8-9,12-13H2,(H2,30,34). The van der Waals surface area contributed by atoms with Crippen molar-refractivity contribution in [3.8, 4) is 11.1 Å². The normalized spacial score (nSPS) is 19.3. The number of nitrogens with two attached hydrogens (primary N) is 1. The summed E-state index contributed by atoms with van der Waals surface area (Å²) in [4.78, 5) is 17.5. The largest absolute Gasteiger partial charge is 0.366 e. The van der Waals surface area contributed by atoms with Crippen molar-refractivity contribution in [1.29, 1.82) is 0 Å². The molecule has 1 fully saturated rings. The number of carbonyl (C=O) groups excluding carboxylic acids is 1. The molecule has 0 aliphatic carbocycles. The molecule has 1 unspecified atom stereocenters. The Hall–Kier alpha value is -3.42. The van der Waals surface area contributed by atoms with Gasteiger partial charge in [-0.05, 0) is 29.3 Å². The lowest BCUT2D eigenvalue weighted by Crippen LogP contribution is -2.57. The van der Waals surface area contributed by atoms with Crippen LogP contribution in [0.5, 0.6) is 0 Å². The van der Waals surface area contributed by atoms with Gasteiger partial charge in [0.1, 0.15) is 11.6 Å². The maximum absolute atomic E-state index is 15.9. The minimum absolute atomic E-state index is 0.0427. The number of benzene rings is 3. The van der Waals surface area contributed by atoms with Crippen molar-refractivity contribution in [2.75, 3.05) is 24.5 Å². The summed E-state index contributed by atoms with van der Waals surface area (Å²) in [5.41, 5.74) is 8.13. The molecule has 1 aromatic heterocycles. The van der Waals surface area contributed by atoms with Crippen molar-refractivity contribution in [2.45, 2.75) is 12.0 Å². The second-order valence-corrected chi connectivity index (χ2v) is 9.24. The van der Waals surface area contributed by atoms with Crippen molar-refractivity contribution in [2.24, 2.45) is 5.73 Å². The summed E-state index contributed by atoms with van der Waals surface area (Å²) < 4.78 is 31.2. The predicted molar refractivity (Wildman–Crippen MR) is 129 cm³/mol. The van der Waals surface area contributed by atoms with E-state index in [2.05, 4.69) is 15.2 Å². The van der Waals surface area contributed by atoms with E-state index < -0.39 is 23.1 Å². The van der Waals surface area contributed by atoms with Gasteiger partial charge in [0, 0.05) is 60.0 Å². The molecule has 0 bridgehead atoms. The third kappa shape index (κ3) is 2.83. The average molecular weight is 479 g/mol. The van der Waals surface area contributed by atoms with E-state index >= 15 is 8.78 Å². The number of nitrogens with zero attached hydrogens (tertiary/aromatic N) is 1. The molecule has 8 heteroatoms. The number of halogens is 3. The third-order valence-electron chi connectivity index (χ3n) is 7.13.